The maximum Gasteiger partial charge on any atom is 0.303 e. The van der Waals surface area contributed by atoms with Crippen molar-refractivity contribution in [1.82, 2.24) is 19.6 Å². The summed E-state index contributed by atoms with van der Waals surface area (Å²) in [6.45, 7) is 19.9. The van der Waals surface area contributed by atoms with Gasteiger partial charge in [-0.3, -0.25) is 38.4 Å². The molecule has 0 atom stereocenters. The molecular weight excluding hydrogens is 1710 g/mol. The normalized spacial score (nSPS) is 10.9. The van der Waals surface area contributed by atoms with Crippen LogP contribution in [0.3, 0.4) is 0 Å². The highest BCUT2D eigenvalue weighted by Gasteiger charge is 2.27. The van der Waals surface area contributed by atoms with Gasteiger partial charge in [-0.2, -0.15) is 11.3 Å². The van der Waals surface area contributed by atoms with Gasteiger partial charge in [0.1, 0.15) is 28.8 Å². The Labute approximate surface area is 783 Å². The molecule has 12 rings (SSSR count). The lowest BCUT2D eigenvalue weighted by molar-refractivity contribution is -0.138. The molecule has 0 aliphatic carbocycles. The number of carbonyl (C=O) groups is 8. The van der Waals surface area contributed by atoms with Crippen molar-refractivity contribution in [1.29, 1.82) is 0 Å². The van der Waals surface area contributed by atoms with Crippen LogP contribution in [-0.4, -0.2) is 138 Å². The summed E-state index contributed by atoms with van der Waals surface area (Å²) in [6.07, 6.45) is 14.7. The molecule has 22 nitrogen and oxygen atoms in total. The van der Waals surface area contributed by atoms with Gasteiger partial charge in [-0.05, 0) is 274 Å². The number of para-hydroxylation sites is 4. The first-order chi connectivity index (χ1) is 63.8. The van der Waals surface area contributed by atoms with Crippen molar-refractivity contribution in [3.63, 3.8) is 0 Å². The van der Waals surface area contributed by atoms with Crippen LogP contribution in [0.25, 0.3) is 44.0 Å². The first-order valence-electron chi connectivity index (χ1n) is 45.3. The van der Waals surface area contributed by atoms with Gasteiger partial charge in [0.15, 0.2) is 0 Å². The van der Waals surface area contributed by atoms with Gasteiger partial charge < -0.3 is 67.8 Å². The monoisotopic (exact) mass is 1830 g/mol. The summed E-state index contributed by atoms with van der Waals surface area (Å²) in [5.74, 6) is 0.649. The van der Waals surface area contributed by atoms with Crippen LogP contribution in [0.4, 0.5) is 0 Å². The zero-order chi connectivity index (χ0) is 94.5. The number of nitrogens with zero attached hydrogens (tertiary/aromatic N) is 4. The molecule has 0 aliphatic rings. The molecule has 4 amide bonds. The summed E-state index contributed by atoms with van der Waals surface area (Å²) in [4.78, 5) is 104. The molecule has 696 valence electrons. The van der Waals surface area contributed by atoms with Gasteiger partial charge in [0.2, 0.25) is 0 Å². The fourth-order valence-electron chi connectivity index (χ4n) is 14.3. The number of carboxylic acid groups (broad SMARTS) is 4. The Morgan fingerprint density at radius 1 is 0.303 bits per heavy atom. The van der Waals surface area contributed by atoms with Crippen LogP contribution in [0, 0.1) is 0 Å². The Morgan fingerprint density at radius 2 is 0.621 bits per heavy atom. The molecule has 0 aliphatic heterocycles. The lowest BCUT2D eigenvalue weighted by Gasteiger charge is -2.28. The topological polar surface area (TPSA) is 294 Å². The minimum atomic E-state index is -0.768. The van der Waals surface area contributed by atoms with Crippen molar-refractivity contribution in [2.75, 3.05) is 26.4 Å². The minimum absolute atomic E-state index is 0.00586. The second-order valence-electron chi connectivity index (χ2n) is 33.0. The van der Waals surface area contributed by atoms with E-state index in [4.69, 9.17) is 48.2 Å². The summed E-state index contributed by atoms with van der Waals surface area (Å²) in [5, 5.41) is 41.1. The number of carbonyl (C=O) groups excluding carboxylic acids is 4. The van der Waals surface area contributed by atoms with Gasteiger partial charge in [-0.1, -0.05) is 127 Å². The maximum atomic E-state index is 13.3. The van der Waals surface area contributed by atoms with Crippen LogP contribution in [-0.2, 0) is 45.4 Å². The second kappa shape index (κ2) is 55.0. The predicted molar refractivity (Wildman–Crippen MR) is 520 cm³/mol. The summed E-state index contributed by atoms with van der Waals surface area (Å²) in [5.41, 5.74) is 12.7. The van der Waals surface area contributed by atoms with Crippen LogP contribution >= 0.6 is 22.7 Å². The van der Waals surface area contributed by atoms with E-state index in [9.17, 15) is 38.4 Å². The fraction of sp³-hybridized carbons (Fsp3) is 0.333. The molecule has 4 N–H and O–H groups in total. The number of furan rings is 2. The Kier molecular flexibility index (Phi) is 42.7. The molecule has 12 aromatic rings. The Balaban J connectivity index is 0.000000198. The molecule has 0 saturated carbocycles. The average molecular weight is 1830 g/mol. The van der Waals surface area contributed by atoms with Gasteiger partial charge in [0.05, 0.1) is 45.2 Å². The quantitative estimate of drug-likeness (QED) is 0.0258. The van der Waals surface area contributed by atoms with Crippen LogP contribution in [0.1, 0.15) is 222 Å². The van der Waals surface area contributed by atoms with Crippen LogP contribution in [0.5, 0.6) is 23.0 Å². The molecule has 0 radical (unpaired) electrons. The zero-order valence-electron chi connectivity index (χ0n) is 76.8. The minimum Gasteiger partial charge on any atom is -0.493 e. The van der Waals surface area contributed by atoms with Crippen LogP contribution < -0.4 is 18.9 Å². The van der Waals surface area contributed by atoms with E-state index in [0.29, 0.717) is 101 Å². The van der Waals surface area contributed by atoms with Gasteiger partial charge in [0, 0.05) is 137 Å². The Hall–Kier alpha value is -13.3. The van der Waals surface area contributed by atoms with E-state index in [-0.39, 0.29) is 73.5 Å². The summed E-state index contributed by atoms with van der Waals surface area (Å²) >= 11 is 3.34. The summed E-state index contributed by atoms with van der Waals surface area (Å²) in [7, 11) is 0. The lowest BCUT2D eigenvalue weighted by atomic mass is 10.1. The van der Waals surface area contributed by atoms with Crippen molar-refractivity contribution >= 4 is 70.2 Å². The number of aliphatic carboxylic acids is 4. The molecule has 24 heteroatoms. The van der Waals surface area contributed by atoms with Crippen LogP contribution in [0.2, 0.25) is 0 Å². The number of hydrogen-bond acceptors (Lipinski definition) is 16. The Bertz CT molecular complexity index is 4790. The van der Waals surface area contributed by atoms with E-state index in [1.807, 2.05) is 304 Å². The van der Waals surface area contributed by atoms with E-state index >= 15 is 0 Å². The predicted octanol–water partition coefficient (Wildman–Crippen LogP) is 25.0. The van der Waals surface area contributed by atoms with Crippen molar-refractivity contribution < 1.29 is 86.6 Å². The highest BCUT2D eigenvalue weighted by atomic mass is 32.1. The number of hydrogen-bond donors (Lipinski definition) is 4. The third-order valence-corrected chi connectivity index (χ3v) is 23.4. The zero-order valence-corrected chi connectivity index (χ0v) is 78.4. The van der Waals surface area contributed by atoms with Gasteiger partial charge in [0.25, 0.3) is 23.6 Å². The third-order valence-electron chi connectivity index (χ3n) is 21.8. The number of benzene rings is 8. The number of rotatable bonds is 48. The molecule has 0 spiro atoms. The maximum absolute atomic E-state index is 13.3. The molecule has 8 aromatic carbocycles. The van der Waals surface area contributed by atoms with Crippen molar-refractivity contribution in [2.45, 2.75) is 208 Å². The summed E-state index contributed by atoms with van der Waals surface area (Å²) in [6, 6.07) is 73.5. The molecule has 4 heterocycles. The van der Waals surface area contributed by atoms with E-state index in [1.165, 1.54) is 4.88 Å². The van der Waals surface area contributed by atoms with Crippen molar-refractivity contribution in [2.24, 2.45) is 0 Å². The highest BCUT2D eigenvalue weighted by molar-refractivity contribution is 7.13. The number of carboxylic acids is 4. The van der Waals surface area contributed by atoms with Gasteiger partial charge >= 0.3 is 23.9 Å². The smallest absolute Gasteiger partial charge is 0.303 e. The van der Waals surface area contributed by atoms with Crippen molar-refractivity contribution in [3.05, 3.63) is 310 Å². The van der Waals surface area contributed by atoms with E-state index in [2.05, 4.69) is 17.5 Å². The number of ether oxygens (including phenoxy) is 4. The molecule has 4 aromatic heterocycles. The number of amides is 4. The largest absolute Gasteiger partial charge is 0.493 e. The van der Waals surface area contributed by atoms with Gasteiger partial charge in [-0.15, -0.1) is 11.3 Å². The fourth-order valence-corrected chi connectivity index (χ4v) is 15.7. The molecular formula is C108H124N4O18S2. The molecule has 0 unspecified atom stereocenters. The molecule has 132 heavy (non-hydrogen) atoms. The third kappa shape index (κ3) is 33.9. The van der Waals surface area contributed by atoms with E-state index in [0.717, 1.165) is 136 Å². The van der Waals surface area contributed by atoms with Crippen molar-refractivity contribution in [3.8, 4) is 67.0 Å². The molecule has 0 saturated heterocycles. The Morgan fingerprint density at radius 3 is 0.894 bits per heavy atom. The lowest BCUT2D eigenvalue weighted by Crippen LogP contribution is -2.36. The second-order valence-corrected chi connectivity index (χ2v) is 34.8. The van der Waals surface area contributed by atoms with E-state index < -0.39 is 23.9 Å². The van der Waals surface area contributed by atoms with Crippen LogP contribution in [0.15, 0.2) is 274 Å². The number of thiophene rings is 2. The van der Waals surface area contributed by atoms with E-state index in [1.54, 1.807) is 41.5 Å². The number of unbranched alkanes of at least 4 members (excludes halogenated alkanes) is 8. The first-order valence-corrected chi connectivity index (χ1v) is 47.1. The standard InChI is InChI=1S/2C27H31NO5.2C27H31NO4S/c1-20(2)28(27(31)22-15-13-21(14-16-22)24-11-8-18-33-24)19-23-9-5-6-10-25(23)32-17-7-3-4-12-26(29)30;1-20(2)28(27(31)22-13-11-21(12-14-22)24-15-17-32-19-24)18-23-8-5-6-9-25(23)33-16-7-3-4-10-26(29)30;1-20(2)28(27(31)22-15-13-21(14-16-22)25-11-8-18-33-25)19-23-9-5-6-10-24(23)32-17-7-3-4-12-26(29)30;1-20(2)28(27(31)22-13-11-21(12-14-22)24-15-17-33-19-24)18-23-8-5-6-9-25(23)32-16-7-3-4-10-26(29)30/h5-6,8-11,13-16,18,20H,3-4,7,12,17,19H2,1-2H3,(H,29,30);5-6,8-9,11-15,17,19-20H,3-4,7,10,16,18H2,1-2H3,(H,29,30);5-6,8-11,13-16,18,20H,3-4,7,12,17,19H2,1-2H3,(H,29,30);5-6,8-9,11-15,17,19-20H,3-4,7,10,16,18H2,1-2H3,(H,29,30). The van der Waals surface area contributed by atoms with Gasteiger partial charge in [-0.25, -0.2) is 0 Å². The highest BCUT2D eigenvalue weighted by Crippen LogP contribution is 2.33. The molecule has 0 bridgehead atoms. The average Bonchev–Trinajstić information content (AvgIpc) is 1.18. The summed E-state index contributed by atoms with van der Waals surface area (Å²) < 4.78 is 34.5. The SMILES string of the molecule is CC(C)N(Cc1ccccc1OCCCCCC(=O)O)C(=O)c1ccc(-c2ccco2)cc1.CC(C)N(Cc1ccccc1OCCCCCC(=O)O)C(=O)c1ccc(-c2cccs2)cc1.CC(C)N(Cc1ccccc1OCCCCCC(=O)O)C(=O)c1ccc(-c2ccoc2)cc1.CC(C)N(Cc1ccccc1OCCCCCC(=O)O)C(=O)c1ccc(-c2ccsc2)cc1. The molecule has 0 fully saturated rings. The first kappa shape index (κ1) is 102.